The topological polar surface area (TPSA) is 20.3 Å². The molecule has 0 N–H and O–H groups in total. The molecule has 0 aromatic heterocycles. The van der Waals surface area contributed by atoms with E-state index >= 15 is 0 Å². The fourth-order valence-electron chi connectivity index (χ4n) is 6.73. The van der Waals surface area contributed by atoms with Crippen molar-refractivity contribution in [1.82, 2.24) is 0 Å². The standard InChI is InChI=1S/C42H41NO/c1-4-41(44)30-33-12-18-36(19-13-33)42(28-6-5-7-29-42)37-20-26-40(27-21-37)43(38-22-10-32(3)11-23-38)39-24-16-35(17-25-39)34-14-8-31(2)9-15-34/h4,8-27H,1,5-7,28-30H2,2-3H3. The minimum absolute atomic E-state index is 0.0118. The maximum atomic E-state index is 11.9. The lowest BCUT2D eigenvalue weighted by atomic mass is 9.65. The Labute approximate surface area is 262 Å². The zero-order valence-corrected chi connectivity index (χ0v) is 25.9. The van der Waals surface area contributed by atoms with Crippen molar-refractivity contribution < 1.29 is 4.79 Å². The summed E-state index contributed by atoms with van der Waals surface area (Å²) < 4.78 is 0. The van der Waals surface area contributed by atoms with Crippen LogP contribution in [0, 0.1) is 13.8 Å². The molecule has 0 radical (unpaired) electrons. The third-order valence-electron chi connectivity index (χ3n) is 9.30. The van der Waals surface area contributed by atoms with Gasteiger partial charge in [-0.1, -0.05) is 122 Å². The van der Waals surface area contributed by atoms with E-state index in [1.807, 2.05) is 0 Å². The van der Waals surface area contributed by atoms with Crippen LogP contribution < -0.4 is 4.90 Å². The molecule has 0 aliphatic heterocycles. The Hall–Kier alpha value is -4.69. The zero-order chi connectivity index (χ0) is 30.5. The molecule has 0 amide bonds. The molecule has 2 heteroatoms. The summed E-state index contributed by atoms with van der Waals surface area (Å²) in [4.78, 5) is 14.3. The molecule has 1 saturated carbocycles. The minimum Gasteiger partial charge on any atom is -0.311 e. The lowest BCUT2D eigenvalue weighted by Crippen LogP contribution is -2.30. The summed E-state index contributed by atoms with van der Waals surface area (Å²) in [7, 11) is 0. The molecular formula is C42H41NO. The molecule has 0 saturated heterocycles. The molecule has 1 fully saturated rings. The first kappa shape index (κ1) is 29.4. The summed E-state index contributed by atoms with van der Waals surface area (Å²) in [6.07, 6.45) is 7.83. The molecule has 1 aliphatic carbocycles. The van der Waals surface area contributed by atoms with Crippen LogP contribution in [0.2, 0.25) is 0 Å². The van der Waals surface area contributed by atoms with Crippen molar-refractivity contribution in [2.45, 2.75) is 57.8 Å². The Morgan fingerprint density at radius 1 is 0.614 bits per heavy atom. The van der Waals surface area contributed by atoms with Gasteiger partial charge < -0.3 is 4.90 Å². The van der Waals surface area contributed by atoms with Gasteiger partial charge in [0.1, 0.15) is 0 Å². The molecule has 1 aliphatic rings. The monoisotopic (exact) mass is 575 g/mol. The van der Waals surface area contributed by atoms with Gasteiger partial charge in [-0.3, -0.25) is 4.79 Å². The summed E-state index contributed by atoms with van der Waals surface area (Å²) in [5.74, 6) is 0.0589. The third-order valence-corrected chi connectivity index (χ3v) is 9.30. The normalized spacial score (nSPS) is 14.1. The molecule has 0 unspecified atom stereocenters. The number of hydrogen-bond acceptors (Lipinski definition) is 2. The average Bonchev–Trinajstić information content (AvgIpc) is 3.07. The second kappa shape index (κ2) is 12.9. The van der Waals surface area contributed by atoms with Gasteiger partial charge in [0, 0.05) is 28.9 Å². The van der Waals surface area contributed by atoms with Crippen LogP contribution >= 0.6 is 0 Å². The van der Waals surface area contributed by atoms with Gasteiger partial charge in [0.25, 0.3) is 0 Å². The first-order valence-electron chi connectivity index (χ1n) is 15.8. The SMILES string of the molecule is C=CC(=O)Cc1ccc(C2(c3ccc(N(c4ccc(C)cc4)c4ccc(-c5ccc(C)cc5)cc4)cc3)CCCCC2)cc1. The molecule has 44 heavy (non-hydrogen) atoms. The fourth-order valence-corrected chi connectivity index (χ4v) is 6.73. The van der Waals surface area contributed by atoms with Crippen LogP contribution in [0.4, 0.5) is 17.1 Å². The molecule has 0 spiro atoms. The van der Waals surface area contributed by atoms with E-state index in [0.29, 0.717) is 6.42 Å². The van der Waals surface area contributed by atoms with E-state index in [2.05, 4.69) is 147 Å². The van der Waals surface area contributed by atoms with Crippen molar-refractivity contribution in [2.75, 3.05) is 4.90 Å². The summed E-state index contributed by atoms with van der Waals surface area (Å²) in [5.41, 5.74) is 12.1. The van der Waals surface area contributed by atoms with Crippen LogP contribution in [0.15, 0.2) is 134 Å². The largest absolute Gasteiger partial charge is 0.311 e. The molecule has 2 nitrogen and oxygen atoms in total. The molecule has 0 heterocycles. The lowest BCUT2D eigenvalue weighted by molar-refractivity contribution is -0.114. The van der Waals surface area contributed by atoms with Crippen LogP contribution in [0.3, 0.4) is 0 Å². The van der Waals surface area contributed by atoms with Crippen molar-refractivity contribution in [3.63, 3.8) is 0 Å². The van der Waals surface area contributed by atoms with Crippen LogP contribution in [0.25, 0.3) is 11.1 Å². The van der Waals surface area contributed by atoms with Gasteiger partial charge in [-0.25, -0.2) is 0 Å². The number of anilines is 3. The Morgan fingerprint density at radius 2 is 1.02 bits per heavy atom. The van der Waals surface area contributed by atoms with E-state index in [9.17, 15) is 4.79 Å². The molecule has 0 bridgehead atoms. The maximum Gasteiger partial charge on any atom is 0.159 e. The number of allylic oxidation sites excluding steroid dienone is 1. The maximum absolute atomic E-state index is 11.9. The number of carbonyl (C=O) groups is 1. The summed E-state index contributed by atoms with van der Waals surface area (Å²) in [6, 6.07) is 44.4. The van der Waals surface area contributed by atoms with Crippen LogP contribution in [0.1, 0.15) is 59.9 Å². The number of hydrogen-bond donors (Lipinski definition) is 0. The van der Waals surface area contributed by atoms with Crippen LogP contribution in [-0.2, 0) is 16.6 Å². The first-order chi connectivity index (χ1) is 21.4. The quantitative estimate of drug-likeness (QED) is 0.163. The van der Waals surface area contributed by atoms with Gasteiger partial charge in [-0.05, 0) is 97.0 Å². The van der Waals surface area contributed by atoms with Crippen molar-refractivity contribution in [3.8, 4) is 11.1 Å². The van der Waals surface area contributed by atoms with Crippen molar-refractivity contribution in [1.29, 1.82) is 0 Å². The number of ketones is 1. The Bertz CT molecular complexity index is 1710. The van der Waals surface area contributed by atoms with E-state index in [-0.39, 0.29) is 11.2 Å². The molecule has 0 atom stereocenters. The van der Waals surface area contributed by atoms with E-state index < -0.39 is 0 Å². The zero-order valence-electron chi connectivity index (χ0n) is 25.9. The fraction of sp³-hybridized carbons (Fsp3) is 0.214. The summed E-state index contributed by atoms with van der Waals surface area (Å²) in [5, 5.41) is 0. The Balaban J connectivity index is 1.35. The first-order valence-corrected chi connectivity index (χ1v) is 15.8. The highest BCUT2D eigenvalue weighted by Gasteiger charge is 2.35. The molecule has 5 aromatic rings. The van der Waals surface area contributed by atoms with E-state index in [0.717, 1.165) is 35.5 Å². The lowest BCUT2D eigenvalue weighted by Gasteiger charge is -2.39. The smallest absolute Gasteiger partial charge is 0.159 e. The average molecular weight is 576 g/mol. The Kier molecular flexibility index (Phi) is 8.61. The van der Waals surface area contributed by atoms with Gasteiger partial charge in [-0.15, -0.1) is 0 Å². The van der Waals surface area contributed by atoms with Gasteiger partial charge in [0.2, 0.25) is 0 Å². The van der Waals surface area contributed by atoms with Gasteiger partial charge in [0.15, 0.2) is 5.78 Å². The second-order valence-corrected chi connectivity index (χ2v) is 12.3. The van der Waals surface area contributed by atoms with Crippen molar-refractivity contribution in [2.24, 2.45) is 0 Å². The van der Waals surface area contributed by atoms with Crippen LogP contribution in [0.5, 0.6) is 0 Å². The van der Waals surface area contributed by atoms with Gasteiger partial charge in [0.05, 0.1) is 0 Å². The summed E-state index contributed by atoms with van der Waals surface area (Å²) in [6.45, 7) is 7.88. The molecule has 6 rings (SSSR count). The predicted octanol–water partition coefficient (Wildman–Crippen LogP) is 11.0. The molecule has 5 aromatic carbocycles. The summed E-state index contributed by atoms with van der Waals surface area (Å²) >= 11 is 0. The number of nitrogens with zero attached hydrogens (tertiary/aromatic N) is 1. The number of benzene rings is 5. The number of carbonyl (C=O) groups excluding carboxylic acids is 1. The van der Waals surface area contributed by atoms with Gasteiger partial charge >= 0.3 is 0 Å². The predicted molar refractivity (Wildman–Crippen MR) is 185 cm³/mol. The highest BCUT2D eigenvalue weighted by molar-refractivity contribution is 5.90. The van der Waals surface area contributed by atoms with E-state index in [1.54, 1.807) is 0 Å². The third kappa shape index (κ3) is 6.17. The molecule has 220 valence electrons. The van der Waals surface area contributed by atoms with Crippen LogP contribution in [-0.4, -0.2) is 5.78 Å². The highest BCUT2D eigenvalue weighted by atomic mass is 16.1. The Morgan fingerprint density at radius 3 is 1.52 bits per heavy atom. The van der Waals surface area contributed by atoms with E-state index in [1.165, 1.54) is 58.7 Å². The van der Waals surface area contributed by atoms with Crippen molar-refractivity contribution >= 4 is 22.8 Å². The minimum atomic E-state index is -0.0118. The second-order valence-electron chi connectivity index (χ2n) is 12.3. The van der Waals surface area contributed by atoms with Crippen molar-refractivity contribution in [3.05, 3.63) is 162 Å². The number of rotatable bonds is 9. The van der Waals surface area contributed by atoms with Gasteiger partial charge in [-0.2, -0.15) is 0 Å². The molecular weight excluding hydrogens is 534 g/mol. The number of aryl methyl sites for hydroxylation is 2. The van der Waals surface area contributed by atoms with E-state index in [4.69, 9.17) is 0 Å². The highest BCUT2D eigenvalue weighted by Crippen LogP contribution is 2.46.